The topological polar surface area (TPSA) is 35.8 Å². The summed E-state index contributed by atoms with van der Waals surface area (Å²) in [5.41, 5.74) is 12.7. The van der Waals surface area contributed by atoms with E-state index in [0.29, 0.717) is 0 Å². The Morgan fingerprint density at radius 1 is 0.595 bits per heavy atom. The van der Waals surface area contributed by atoms with E-state index in [0.717, 1.165) is 6.42 Å². The largest absolute Gasteiger partial charge is 0.311 e. The Morgan fingerprint density at radius 2 is 1.17 bits per heavy atom. The molecule has 42 heavy (non-hydrogen) atoms. The van der Waals surface area contributed by atoms with Crippen LogP contribution in [0.4, 0.5) is 0 Å². The van der Waals surface area contributed by atoms with Crippen LogP contribution in [0.5, 0.6) is 0 Å². The molecule has 0 radical (unpaired) electrons. The first-order valence-electron chi connectivity index (χ1n) is 14.3. The van der Waals surface area contributed by atoms with E-state index >= 15 is 0 Å². The zero-order chi connectivity index (χ0) is 27.8. The molecule has 0 amide bonds. The number of thiophene rings is 1. The number of nitrogens with zero attached hydrogens (tertiary/aromatic N) is 1. The Morgan fingerprint density at radius 3 is 1.83 bits per heavy atom. The molecular weight excluding hydrogens is 529 g/mol. The van der Waals surface area contributed by atoms with Crippen LogP contribution in [-0.4, -0.2) is 0 Å². The lowest BCUT2D eigenvalue weighted by molar-refractivity contribution is 0.773. The average molecular weight is 553 g/mol. The summed E-state index contributed by atoms with van der Waals surface area (Å²) >= 11 is 1.87. The van der Waals surface area contributed by atoms with E-state index in [1.54, 1.807) is 0 Å². The van der Waals surface area contributed by atoms with Crippen LogP contribution in [0.25, 0.3) is 66.1 Å². The second-order valence-corrected chi connectivity index (χ2v) is 12.4. The number of hydrogen-bond donors (Lipinski definition) is 1. The van der Waals surface area contributed by atoms with E-state index in [1.807, 2.05) is 11.3 Å². The molecule has 1 aromatic heterocycles. The molecule has 0 spiro atoms. The monoisotopic (exact) mass is 552 g/mol. The molecule has 0 saturated heterocycles. The summed E-state index contributed by atoms with van der Waals surface area (Å²) in [7, 11) is 0. The van der Waals surface area contributed by atoms with E-state index < -0.39 is 0 Å². The summed E-state index contributed by atoms with van der Waals surface area (Å²) < 4.78 is 0. The first kappa shape index (κ1) is 23.5. The summed E-state index contributed by atoms with van der Waals surface area (Å²) in [5.74, 6) is 0. The van der Waals surface area contributed by atoms with Gasteiger partial charge in [-0.25, -0.2) is 0 Å². The lowest BCUT2D eigenvalue weighted by Gasteiger charge is -2.13. The highest BCUT2D eigenvalue weighted by Gasteiger charge is 2.37. The molecule has 1 unspecified atom stereocenters. The van der Waals surface area contributed by atoms with Crippen molar-refractivity contribution < 1.29 is 0 Å². The molecule has 0 fully saturated rings. The summed E-state index contributed by atoms with van der Waals surface area (Å²) in [6, 6.07) is 44.0. The third kappa shape index (κ3) is 3.43. The van der Waals surface area contributed by atoms with Crippen molar-refractivity contribution in [3.8, 4) is 50.7 Å². The number of rotatable bonds is 3. The maximum absolute atomic E-state index is 9.74. The van der Waals surface area contributed by atoms with E-state index in [-0.39, 0.29) is 6.04 Å². The average Bonchev–Trinajstić information content (AvgIpc) is 3.67. The predicted molar refractivity (Wildman–Crippen MR) is 174 cm³/mol. The number of fused-ring (bicyclic) bond motifs is 9. The zero-order valence-corrected chi connectivity index (χ0v) is 23.5. The second-order valence-electron chi connectivity index (χ2n) is 11.3. The highest BCUT2D eigenvalue weighted by atomic mass is 32.1. The molecule has 6 aromatic carbocycles. The molecule has 196 valence electrons. The van der Waals surface area contributed by atoms with Crippen molar-refractivity contribution in [3.63, 3.8) is 0 Å². The van der Waals surface area contributed by atoms with Crippen LogP contribution in [0.2, 0.25) is 0 Å². The van der Waals surface area contributed by atoms with Gasteiger partial charge in [-0.3, -0.25) is 0 Å². The Bertz CT molecular complexity index is 2280. The van der Waals surface area contributed by atoms with Crippen LogP contribution in [0.3, 0.4) is 0 Å². The smallest absolute Gasteiger partial charge is 0.177 e. The molecule has 3 heteroatoms. The molecule has 9 rings (SSSR count). The van der Waals surface area contributed by atoms with Gasteiger partial charge in [0, 0.05) is 27.3 Å². The van der Waals surface area contributed by atoms with E-state index in [2.05, 4.69) is 133 Å². The van der Waals surface area contributed by atoms with Crippen LogP contribution in [0, 0.1) is 11.5 Å². The van der Waals surface area contributed by atoms with Crippen molar-refractivity contribution in [2.24, 2.45) is 0 Å². The third-order valence-electron chi connectivity index (χ3n) is 9.00. The van der Waals surface area contributed by atoms with Gasteiger partial charge in [0.05, 0.1) is 6.04 Å². The number of nitriles is 1. The van der Waals surface area contributed by atoms with Crippen molar-refractivity contribution in [1.29, 1.82) is 5.26 Å². The Hall–Kier alpha value is -5.17. The molecule has 1 atom stereocenters. The van der Waals surface area contributed by atoms with Crippen LogP contribution in [0.1, 0.15) is 26.9 Å². The fourth-order valence-corrected chi connectivity index (χ4v) is 8.43. The summed E-state index contributed by atoms with van der Waals surface area (Å²) in [5, 5.41) is 17.9. The van der Waals surface area contributed by atoms with E-state index in [4.69, 9.17) is 0 Å². The minimum absolute atomic E-state index is 0.115. The quantitative estimate of drug-likeness (QED) is 0.175. The maximum Gasteiger partial charge on any atom is 0.177 e. The summed E-state index contributed by atoms with van der Waals surface area (Å²) in [4.78, 5) is 2.66. The minimum atomic E-state index is -0.115. The molecule has 1 N–H and O–H groups in total. The maximum atomic E-state index is 9.74. The fraction of sp³-hybridized carbons (Fsp3) is 0.0513. The van der Waals surface area contributed by atoms with Gasteiger partial charge in [-0.15, -0.1) is 11.3 Å². The first-order valence-corrected chi connectivity index (χ1v) is 15.1. The van der Waals surface area contributed by atoms with Gasteiger partial charge in [0.1, 0.15) is 0 Å². The Balaban J connectivity index is 1.14. The molecule has 0 saturated carbocycles. The fourth-order valence-electron chi connectivity index (χ4n) is 7.01. The van der Waals surface area contributed by atoms with Crippen LogP contribution in [0.15, 0.2) is 121 Å². The normalized spacial score (nSPS) is 14.3. The van der Waals surface area contributed by atoms with Crippen molar-refractivity contribution in [1.82, 2.24) is 5.32 Å². The Kier molecular flexibility index (Phi) is 4.99. The first-order chi connectivity index (χ1) is 20.7. The molecule has 2 aliphatic carbocycles. The lowest BCUT2D eigenvalue weighted by atomic mass is 9.94. The van der Waals surface area contributed by atoms with Gasteiger partial charge in [-0.05, 0) is 84.3 Å². The SMILES string of the molecule is N#CNC1c2cc(-c3ccc4ccccc4c3)ccc2-c2c1sc1c2-c2ccc(-c3ccc4ccccc4c3)cc2C1. The molecule has 0 aliphatic heterocycles. The van der Waals surface area contributed by atoms with Gasteiger partial charge in [-0.2, -0.15) is 5.26 Å². The van der Waals surface area contributed by atoms with Gasteiger partial charge in [0.15, 0.2) is 6.19 Å². The van der Waals surface area contributed by atoms with Gasteiger partial charge in [0.2, 0.25) is 0 Å². The minimum Gasteiger partial charge on any atom is -0.311 e. The van der Waals surface area contributed by atoms with Crippen molar-refractivity contribution >= 4 is 32.9 Å². The highest BCUT2D eigenvalue weighted by molar-refractivity contribution is 7.13. The van der Waals surface area contributed by atoms with Crippen molar-refractivity contribution in [3.05, 3.63) is 142 Å². The van der Waals surface area contributed by atoms with Gasteiger partial charge in [0.25, 0.3) is 0 Å². The third-order valence-corrected chi connectivity index (χ3v) is 10.3. The van der Waals surface area contributed by atoms with Gasteiger partial charge in [-0.1, -0.05) is 103 Å². The summed E-state index contributed by atoms with van der Waals surface area (Å²) in [6.45, 7) is 0. The highest BCUT2D eigenvalue weighted by Crippen LogP contribution is 2.57. The van der Waals surface area contributed by atoms with Gasteiger partial charge >= 0.3 is 0 Å². The molecule has 1 heterocycles. The van der Waals surface area contributed by atoms with Crippen LogP contribution >= 0.6 is 11.3 Å². The standard InChI is InChI=1S/C39H24N2S/c40-22-41-38-34-20-30(28-12-10-24-6-2-4-8-26(24)18-28)14-16-33(34)37-36-32-15-13-29(19-31(32)21-35(36)42-39(37)38)27-11-9-23-5-1-3-7-25(23)17-27/h1-20,38,41H,21H2. The molecule has 2 nitrogen and oxygen atoms in total. The lowest BCUT2D eigenvalue weighted by Crippen LogP contribution is -2.13. The van der Waals surface area contributed by atoms with Crippen LogP contribution in [-0.2, 0) is 6.42 Å². The number of benzene rings is 6. The number of hydrogen-bond acceptors (Lipinski definition) is 3. The molecular formula is C39H24N2S. The van der Waals surface area contributed by atoms with Crippen molar-refractivity contribution in [2.45, 2.75) is 12.5 Å². The summed E-state index contributed by atoms with van der Waals surface area (Å²) in [6.07, 6.45) is 3.19. The van der Waals surface area contributed by atoms with Crippen molar-refractivity contribution in [2.75, 3.05) is 0 Å². The zero-order valence-electron chi connectivity index (χ0n) is 22.7. The Labute approximate surface area is 248 Å². The van der Waals surface area contributed by atoms with E-state index in [9.17, 15) is 5.26 Å². The predicted octanol–water partition coefficient (Wildman–Crippen LogP) is 10.1. The molecule has 0 bridgehead atoms. The molecule has 2 aliphatic rings. The van der Waals surface area contributed by atoms with E-state index in [1.165, 1.54) is 86.9 Å². The molecule has 7 aromatic rings. The number of nitrogens with one attached hydrogen (secondary N) is 1. The van der Waals surface area contributed by atoms with Gasteiger partial charge < -0.3 is 5.32 Å². The van der Waals surface area contributed by atoms with Crippen LogP contribution < -0.4 is 5.32 Å². The second kappa shape index (κ2) is 8.91.